The molecule has 2 aromatic heterocycles. The Morgan fingerprint density at radius 2 is 1.86 bits per heavy atom. The van der Waals surface area contributed by atoms with Crippen LogP contribution in [0.15, 0.2) is 89.8 Å². The number of pyridine rings is 1. The third-order valence-electron chi connectivity index (χ3n) is 4.20. The van der Waals surface area contributed by atoms with Crippen LogP contribution in [0.1, 0.15) is 15.9 Å². The smallest absolute Gasteiger partial charge is 0.251 e. The number of hydrogen-bond donors (Lipinski definition) is 1. The predicted octanol–water partition coefficient (Wildman–Crippen LogP) is 5.20. The third kappa shape index (κ3) is 4.68. The lowest BCUT2D eigenvalue weighted by atomic mass is 10.1. The van der Waals surface area contributed by atoms with Crippen molar-refractivity contribution >= 4 is 5.91 Å². The molecule has 0 radical (unpaired) electrons. The van der Waals surface area contributed by atoms with Crippen LogP contribution in [0, 0.1) is 5.82 Å². The first-order valence-electron chi connectivity index (χ1n) is 8.97. The van der Waals surface area contributed by atoms with Gasteiger partial charge in [-0.2, -0.15) is 0 Å². The Bertz CT molecular complexity index is 1110. The molecule has 4 rings (SSSR count). The van der Waals surface area contributed by atoms with Crippen molar-refractivity contribution in [2.45, 2.75) is 6.54 Å². The highest BCUT2D eigenvalue weighted by Crippen LogP contribution is 2.23. The summed E-state index contributed by atoms with van der Waals surface area (Å²) in [5, 5.41) is 2.87. The number of nitrogens with zero attached hydrogens (tertiary/aromatic N) is 1. The van der Waals surface area contributed by atoms with E-state index in [1.54, 1.807) is 42.9 Å². The van der Waals surface area contributed by atoms with Crippen LogP contribution in [0.5, 0.6) is 11.5 Å². The number of halogens is 1. The molecule has 0 saturated heterocycles. The highest BCUT2D eigenvalue weighted by Gasteiger charge is 2.09. The molecule has 0 saturated carbocycles. The van der Waals surface area contributed by atoms with E-state index in [0.717, 1.165) is 16.9 Å². The minimum atomic E-state index is -0.337. The van der Waals surface area contributed by atoms with Gasteiger partial charge in [0.05, 0.1) is 6.26 Å². The van der Waals surface area contributed by atoms with Gasteiger partial charge in [-0.05, 0) is 66.2 Å². The van der Waals surface area contributed by atoms with Crippen molar-refractivity contribution in [1.29, 1.82) is 0 Å². The lowest BCUT2D eigenvalue weighted by Crippen LogP contribution is -2.22. The lowest BCUT2D eigenvalue weighted by molar-refractivity contribution is 0.0950. The van der Waals surface area contributed by atoms with E-state index in [0.29, 0.717) is 23.6 Å². The maximum atomic E-state index is 13.0. The van der Waals surface area contributed by atoms with Crippen molar-refractivity contribution in [3.05, 3.63) is 102 Å². The Balaban J connectivity index is 1.41. The fourth-order valence-electron chi connectivity index (χ4n) is 2.79. The SMILES string of the molecule is O=C(NCc1cncc(-c2ccco2)c1)c1cccc(Oc2ccc(F)cc2)c1. The van der Waals surface area contributed by atoms with Gasteiger partial charge in [0.2, 0.25) is 0 Å². The van der Waals surface area contributed by atoms with E-state index in [9.17, 15) is 9.18 Å². The molecule has 0 atom stereocenters. The molecule has 0 aliphatic heterocycles. The normalized spacial score (nSPS) is 10.5. The van der Waals surface area contributed by atoms with E-state index in [4.69, 9.17) is 9.15 Å². The first-order valence-corrected chi connectivity index (χ1v) is 8.97. The molecule has 0 fully saturated rings. The predicted molar refractivity (Wildman–Crippen MR) is 106 cm³/mol. The molecular formula is C23H17FN2O3. The standard InChI is InChI=1S/C23H17FN2O3/c24-19-6-8-20(9-7-19)29-21-4-1-3-17(12-21)23(27)26-14-16-11-18(15-25-13-16)22-5-2-10-28-22/h1-13,15H,14H2,(H,26,27). The van der Waals surface area contributed by atoms with Gasteiger partial charge in [-0.25, -0.2) is 4.39 Å². The zero-order chi connectivity index (χ0) is 20.1. The summed E-state index contributed by atoms with van der Waals surface area (Å²) in [7, 11) is 0. The molecule has 0 unspecified atom stereocenters. The topological polar surface area (TPSA) is 64.4 Å². The molecule has 4 aromatic rings. The monoisotopic (exact) mass is 388 g/mol. The fraction of sp³-hybridized carbons (Fsp3) is 0.0435. The van der Waals surface area contributed by atoms with E-state index in [1.165, 1.54) is 24.3 Å². The molecule has 1 N–H and O–H groups in total. The molecule has 144 valence electrons. The Morgan fingerprint density at radius 1 is 1.00 bits per heavy atom. The number of aromatic nitrogens is 1. The summed E-state index contributed by atoms with van der Waals surface area (Å²) in [6.07, 6.45) is 5.01. The van der Waals surface area contributed by atoms with E-state index in [2.05, 4.69) is 10.3 Å². The van der Waals surface area contributed by atoms with Gasteiger partial charge in [-0.15, -0.1) is 0 Å². The molecule has 6 heteroatoms. The van der Waals surface area contributed by atoms with Gasteiger partial charge in [-0.1, -0.05) is 6.07 Å². The van der Waals surface area contributed by atoms with E-state index < -0.39 is 0 Å². The van der Waals surface area contributed by atoms with Crippen LogP contribution < -0.4 is 10.1 Å². The Kier molecular flexibility index (Phi) is 5.33. The largest absolute Gasteiger partial charge is 0.464 e. The molecule has 0 aliphatic carbocycles. The minimum absolute atomic E-state index is 0.238. The van der Waals surface area contributed by atoms with Gasteiger partial charge in [0.1, 0.15) is 23.1 Å². The molecule has 2 aromatic carbocycles. The number of amides is 1. The quantitative estimate of drug-likeness (QED) is 0.493. The van der Waals surface area contributed by atoms with Gasteiger partial charge >= 0.3 is 0 Å². The van der Waals surface area contributed by atoms with Crippen LogP contribution in [-0.2, 0) is 6.54 Å². The third-order valence-corrected chi connectivity index (χ3v) is 4.20. The van der Waals surface area contributed by atoms with Crippen LogP contribution in [0.2, 0.25) is 0 Å². The van der Waals surface area contributed by atoms with Crippen LogP contribution >= 0.6 is 0 Å². The number of carbonyl (C=O) groups is 1. The number of ether oxygens (including phenoxy) is 1. The zero-order valence-electron chi connectivity index (χ0n) is 15.3. The molecule has 1 amide bonds. The minimum Gasteiger partial charge on any atom is -0.464 e. The summed E-state index contributed by atoms with van der Waals surface area (Å²) in [5.41, 5.74) is 2.15. The average molecular weight is 388 g/mol. The second kappa shape index (κ2) is 8.39. The van der Waals surface area contributed by atoms with Gasteiger partial charge in [0, 0.05) is 30.1 Å². The van der Waals surface area contributed by atoms with Crippen molar-refractivity contribution in [2.24, 2.45) is 0 Å². The highest BCUT2D eigenvalue weighted by molar-refractivity contribution is 5.94. The highest BCUT2D eigenvalue weighted by atomic mass is 19.1. The fourth-order valence-corrected chi connectivity index (χ4v) is 2.79. The average Bonchev–Trinajstić information content (AvgIpc) is 3.29. The van der Waals surface area contributed by atoms with Crippen LogP contribution in [0.25, 0.3) is 11.3 Å². The molecule has 29 heavy (non-hydrogen) atoms. The van der Waals surface area contributed by atoms with Crippen LogP contribution in [0.4, 0.5) is 4.39 Å². The molecule has 0 bridgehead atoms. The summed E-state index contributed by atoms with van der Waals surface area (Å²) in [5.74, 6) is 1.13. The van der Waals surface area contributed by atoms with Crippen molar-refractivity contribution < 1.29 is 18.3 Å². The molecule has 2 heterocycles. The summed E-state index contributed by atoms with van der Waals surface area (Å²) >= 11 is 0. The maximum Gasteiger partial charge on any atom is 0.251 e. The van der Waals surface area contributed by atoms with E-state index >= 15 is 0 Å². The van der Waals surface area contributed by atoms with Crippen LogP contribution in [0.3, 0.4) is 0 Å². The van der Waals surface area contributed by atoms with Crippen molar-refractivity contribution in [3.63, 3.8) is 0 Å². The zero-order valence-corrected chi connectivity index (χ0v) is 15.3. The number of furan rings is 1. The van der Waals surface area contributed by atoms with Gasteiger partial charge in [-0.3, -0.25) is 9.78 Å². The van der Waals surface area contributed by atoms with Crippen molar-refractivity contribution in [1.82, 2.24) is 10.3 Å². The Morgan fingerprint density at radius 3 is 2.66 bits per heavy atom. The van der Waals surface area contributed by atoms with E-state index in [1.807, 2.05) is 18.2 Å². The Hall–Kier alpha value is -3.93. The Labute approximate surface area is 166 Å². The lowest BCUT2D eigenvalue weighted by Gasteiger charge is -2.09. The van der Waals surface area contributed by atoms with Crippen LogP contribution in [-0.4, -0.2) is 10.9 Å². The molecule has 0 spiro atoms. The number of hydrogen-bond acceptors (Lipinski definition) is 4. The molecule has 5 nitrogen and oxygen atoms in total. The summed E-state index contributed by atoms with van der Waals surface area (Å²) in [4.78, 5) is 16.7. The summed E-state index contributed by atoms with van der Waals surface area (Å²) < 4.78 is 24.1. The first kappa shape index (κ1) is 18.4. The summed E-state index contributed by atoms with van der Waals surface area (Å²) in [6.45, 7) is 0.323. The van der Waals surface area contributed by atoms with Crippen molar-refractivity contribution in [3.8, 4) is 22.8 Å². The molecule has 0 aliphatic rings. The molecular weight excluding hydrogens is 371 g/mol. The second-order valence-electron chi connectivity index (χ2n) is 6.33. The number of rotatable bonds is 6. The summed E-state index contributed by atoms with van der Waals surface area (Å²) in [6, 6.07) is 18.1. The van der Waals surface area contributed by atoms with Gasteiger partial charge in [0.15, 0.2) is 0 Å². The van der Waals surface area contributed by atoms with Gasteiger partial charge in [0.25, 0.3) is 5.91 Å². The number of benzene rings is 2. The second-order valence-corrected chi connectivity index (χ2v) is 6.33. The first-order chi connectivity index (χ1) is 14.2. The van der Waals surface area contributed by atoms with Gasteiger partial charge < -0.3 is 14.5 Å². The van der Waals surface area contributed by atoms with E-state index in [-0.39, 0.29) is 11.7 Å². The number of nitrogens with one attached hydrogen (secondary N) is 1. The van der Waals surface area contributed by atoms with Crippen molar-refractivity contribution in [2.75, 3.05) is 0 Å². The maximum absolute atomic E-state index is 13.0. The number of carbonyl (C=O) groups excluding carboxylic acids is 1.